The van der Waals surface area contributed by atoms with Crippen LogP contribution in [0.1, 0.15) is 11.3 Å². The fraction of sp³-hybridized carbons (Fsp3) is 0.125. The van der Waals surface area contributed by atoms with E-state index in [1.165, 1.54) is 0 Å². The third-order valence-corrected chi connectivity index (χ3v) is 6.11. The standard InChI is InChI=1S/C24H20ClN3O4S/c1-15-10-16(13-27(15)19-6-8-20(32-2)9-7-19)11-21-23(30)28(24(31)33-21)14-22(29)26-18-5-3-4-17(25)12-18/h3-13H,14H2,1-2H3,(H,26,29)/b21-11+. The first-order chi connectivity index (χ1) is 15.8. The van der Waals surface area contributed by atoms with E-state index >= 15 is 0 Å². The number of hydrogen-bond acceptors (Lipinski definition) is 5. The average Bonchev–Trinajstić information content (AvgIpc) is 3.28. The normalized spacial score (nSPS) is 14.8. The molecule has 3 amide bonds. The maximum atomic E-state index is 12.8. The first kappa shape index (κ1) is 22.7. The van der Waals surface area contributed by atoms with Crippen molar-refractivity contribution in [2.75, 3.05) is 19.0 Å². The van der Waals surface area contributed by atoms with Gasteiger partial charge < -0.3 is 14.6 Å². The summed E-state index contributed by atoms with van der Waals surface area (Å²) in [6.45, 7) is 1.58. The Morgan fingerprint density at radius 3 is 2.61 bits per heavy atom. The maximum absolute atomic E-state index is 12.8. The highest BCUT2D eigenvalue weighted by atomic mass is 35.5. The lowest BCUT2D eigenvalue weighted by Gasteiger charge is -2.12. The van der Waals surface area contributed by atoms with Gasteiger partial charge in [0.2, 0.25) is 5.91 Å². The van der Waals surface area contributed by atoms with Crippen molar-refractivity contribution in [1.82, 2.24) is 9.47 Å². The molecular formula is C24H20ClN3O4S. The molecule has 1 aliphatic rings. The van der Waals surface area contributed by atoms with Crippen molar-refractivity contribution >= 4 is 52.2 Å². The highest BCUT2D eigenvalue weighted by Gasteiger charge is 2.36. The molecule has 1 fully saturated rings. The fourth-order valence-electron chi connectivity index (χ4n) is 3.40. The van der Waals surface area contributed by atoms with Crippen LogP contribution in [0.4, 0.5) is 10.5 Å². The summed E-state index contributed by atoms with van der Waals surface area (Å²) >= 11 is 6.73. The summed E-state index contributed by atoms with van der Waals surface area (Å²) in [5.74, 6) is -0.222. The largest absolute Gasteiger partial charge is 0.497 e. The van der Waals surface area contributed by atoms with Crippen LogP contribution in [-0.2, 0) is 9.59 Å². The van der Waals surface area contributed by atoms with E-state index in [2.05, 4.69) is 5.32 Å². The second-order valence-corrected chi connectivity index (χ2v) is 8.74. The van der Waals surface area contributed by atoms with Gasteiger partial charge in [-0.25, -0.2) is 0 Å². The van der Waals surface area contributed by atoms with Crippen molar-refractivity contribution in [1.29, 1.82) is 0 Å². The van der Waals surface area contributed by atoms with E-state index in [1.54, 1.807) is 37.5 Å². The van der Waals surface area contributed by atoms with Gasteiger partial charge in [0, 0.05) is 28.3 Å². The number of thioether (sulfide) groups is 1. The minimum atomic E-state index is -0.499. The van der Waals surface area contributed by atoms with Crippen molar-refractivity contribution in [3.8, 4) is 11.4 Å². The van der Waals surface area contributed by atoms with Gasteiger partial charge in [-0.05, 0) is 78.9 Å². The molecule has 0 atom stereocenters. The summed E-state index contributed by atoms with van der Waals surface area (Å²) in [5.41, 5.74) is 3.17. The molecule has 0 bridgehead atoms. The molecule has 1 saturated heterocycles. The van der Waals surface area contributed by atoms with Gasteiger partial charge in [0.25, 0.3) is 11.1 Å². The van der Waals surface area contributed by atoms with E-state index in [9.17, 15) is 14.4 Å². The number of imide groups is 1. The van der Waals surface area contributed by atoms with Gasteiger partial charge in [0.05, 0.1) is 12.0 Å². The molecule has 0 unspecified atom stereocenters. The van der Waals surface area contributed by atoms with Crippen LogP contribution >= 0.6 is 23.4 Å². The predicted octanol–water partition coefficient (Wildman–Crippen LogP) is 5.12. The van der Waals surface area contributed by atoms with Crippen LogP contribution in [0.3, 0.4) is 0 Å². The van der Waals surface area contributed by atoms with E-state index in [-0.39, 0.29) is 11.4 Å². The van der Waals surface area contributed by atoms with E-state index in [4.69, 9.17) is 16.3 Å². The molecule has 0 spiro atoms. The molecule has 1 aliphatic heterocycles. The van der Waals surface area contributed by atoms with Gasteiger partial charge in [0.15, 0.2) is 0 Å². The first-order valence-corrected chi connectivity index (χ1v) is 11.2. The Balaban J connectivity index is 1.48. The summed E-state index contributed by atoms with van der Waals surface area (Å²) < 4.78 is 7.18. The van der Waals surface area contributed by atoms with Gasteiger partial charge in [-0.3, -0.25) is 19.3 Å². The van der Waals surface area contributed by atoms with Crippen LogP contribution in [-0.4, -0.2) is 40.2 Å². The summed E-state index contributed by atoms with van der Waals surface area (Å²) in [7, 11) is 1.61. The Kier molecular flexibility index (Phi) is 6.57. The zero-order valence-corrected chi connectivity index (χ0v) is 19.4. The molecule has 1 aromatic heterocycles. The van der Waals surface area contributed by atoms with Crippen LogP contribution in [0.15, 0.2) is 65.7 Å². The molecule has 0 aliphatic carbocycles. The predicted molar refractivity (Wildman–Crippen MR) is 130 cm³/mol. The Hall–Kier alpha value is -3.49. The summed E-state index contributed by atoms with van der Waals surface area (Å²) in [6, 6.07) is 16.2. The molecule has 2 heterocycles. The third kappa shape index (κ3) is 5.13. The number of benzene rings is 2. The van der Waals surface area contributed by atoms with Gasteiger partial charge in [-0.2, -0.15) is 0 Å². The van der Waals surface area contributed by atoms with Crippen LogP contribution in [0.25, 0.3) is 11.8 Å². The van der Waals surface area contributed by atoms with E-state index in [0.29, 0.717) is 10.7 Å². The molecule has 168 valence electrons. The number of hydrogen-bond donors (Lipinski definition) is 1. The van der Waals surface area contributed by atoms with Crippen molar-refractivity contribution in [2.24, 2.45) is 0 Å². The Morgan fingerprint density at radius 1 is 1.15 bits per heavy atom. The number of halogens is 1. The number of rotatable bonds is 6. The SMILES string of the molecule is COc1ccc(-n2cc(/C=C3/SC(=O)N(CC(=O)Nc4cccc(Cl)c4)C3=O)cc2C)cc1. The number of nitrogens with zero attached hydrogens (tertiary/aromatic N) is 2. The van der Waals surface area contributed by atoms with Gasteiger partial charge in [-0.1, -0.05) is 17.7 Å². The molecule has 0 radical (unpaired) electrons. The molecule has 0 saturated carbocycles. The molecule has 4 rings (SSSR count). The average molecular weight is 482 g/mol. The lowest BCUT2D eigenvalue weighted by atomic mass is 10.2. The number of carbonyl (C=O) groups is 3. The fourth-order valence-corrected chi connectivity index (χ4v) is 4.43. The first-order valence-electron chi connectivity index (χ1n) is 9.98. The van der Waals surface area contributed by atoms with Crippen LogP contribution in [0.2, 0.25) is 5.02 Å². The summed E-state index contributed by atoms with van der Waals surface area (Å²) in [6.07, 6.45) is 3.55. The molecule has 7 nitrogen and oxygen atoms in total. The minimum absolute atomic E-state index is 0.266. The Labute approximate surface area is 200 Å². The number of aromatic nitrogens is 1. The minimum Gasteiger partial charge on any atom is -0.497 e. The zero-order valence-electron chi connectivity index (χ0n) is 17.9. The van der Waals surface area contributed by atoms with E-state index < -0.39 is 17.1 Å². The molecule has 1 N–H and O–H groups in total. The second kappa shape index (κ2) is 9.56. The zero-order chi connectivity index (χ0) is 23.5. The smallest absolute Gasteiger partial charge is 0.294 e. The van der Waals surface area contributed by atoms with Crippen LogP contribution in [0, 0.1) is 6.92 Å². The molecule has 2 aromatic carbocycles. The van der Waals surface area contributed by atoms with Gasteiger partial charge >= 0.3 is 0 Å². The van der Waals surface area contributed by atoms with Crippen molar-refractivity contribution in [3.63, 3.8) is 0 Å². The Morgan fingerprint density at radius 2 is 1.91 bits per heavy atom. The molecule has 9 heteroatoms. The maximum Gasteiger partial charge on any atom is 0.294 e. The Bertz CT molecular complexity index is 1270. The van der Waals surface area contributed by atoms with Crippen molar-refractivity contribution in [3.05, 3.63) is 82.0 Å². The van der Waals surface area contributed by atoms with Gasteiger partial charge in [-0.15, -0.1) is 0 Å². The topological polar surface area (TPSA) is 80.6 Å². The number of anilines is 1. The number of nitrogens with one attached hydrogen (secondary N) is 1. The lowest BCUT2D eigenvalue weighted by Crippen LogP contribution is -2.36. The lowest BCUT2D eigenvalue weighted by molar-refractivity contribution is -0.127. The quantitative estimate of drug-likeness (QED) is 0.494. The number of ether oxygens (including phenoxy) is 1. The van der Waals surface area contributed by atoms with Gasteiger partial charge in [0.1, 0.15) is 12.3 Å². The molecule has 3 aromatic rings. The third-order valence-electron chi connectivity index (χ3n) is 4.97. The summed E-state index contributed by atoms with van der Waals surface area (Å²) in [4.78, 5) is 38.7. The monoisotopic (exact) mass is 481 g/mol. The highest BCUT2D eigenvalue weighted by Crippen LogP contribution is 2.32. The van der Waals surface area contributed by atoms with Crippen LogP contribution < -0.4 is 10.1 Å². The number of aryl methyl sites for hydroxylation is 1. The number of amides is 3. The van der Waals surface area contributed by atoms with E-state index in [0.717, 1.165) is 39.4 Å². The van der Waals surface area contributed by atoms with Crippen molar-refractivity contribution < 1.29 is 19.1 Å². The van der Waals surface area contributed by atoms with Crippen LogP contribution in [0.5, 0.6) is 5.75 Å². The van der Waals surface area contributed by atoms with E-state index in [1.807, 2.05) is 48.0 Å². The summed E-state index contributed by atoms with van der Waals surface area (Å²) in [5, 5.41) is 2.63. The number of methoxy groups -OCH3 is 1. The molecule has 33 heavy (non-hydrogen) atoms. The molecular weight excluding hydrogens is 462 g/mol. The van der Waals surface area contributed by atoms with Crippen molar-refractivity contribution in [2.45, 2.75) is 6.92 Å². The number of carbonyl (C=O) groups excluding carboxylic acids is 3. The second-order valence-electron chi connectivity index (χ2n) is 7.31. The highest BCUT2D eigenvalue weighted by molar-refractivity contribution is 8.18.